The highest BCUT2D eigenvalue weighted by molar-refractivity contribution is 5.90. The van der Waals surface area contributed by atoms with Crippen LogP contribution in [0.5, 0.6) is 0 Å². The van der Waals surface area contributed by atoms with E-state index >= 15 is 0 Å². The molecule has 2 atom stereocenters. The number of aromatic nitrogens is 3. The van der Waals surface area contributed by atoms with Crippen LogP contribution in [0.15, 0.2) is 73.3 Å². The average Bonchev–Trinajstić information content (AvgIpc) is 3.46. The van der Waals surface area contributed by atoms with Gasteiger partial charge in [0.1, 0.15) is 5.69 Å². The topological polar surface area (TPSA) is 118 Å². The first kappa shape index (κ1) is 22.2. The Morgan fingerprint density at radius 3 is 2.70 bits per heavy atom. The van der Waals surface area contributed by atoms with Crippen LogP contribution in [0.1, 0.15) is 35.4 Å². The molecule has 0 saturated carbocycles. The van der Waals surface area contributed by atoms with Crippen molar-refractivity contribution in [3.05, 3.63) is 94.7 Å². The first-order valence-corrected chi connectivity index (χ1v) is 10.6. The molecule has 9 nitrogen and oxygen atoms in total. The summed E-state index contributed by atoms with van der Waals surface area (Å²) in [6, 6.07) is 16.5. The first-order valence-electron chi connectivity index (χ1n) is 10.6. The number of benzene rings is 2. The predicted molar refractivity (Wildman–Crippen MR) is 124 cm³/mol. The highest BCUT2D eigenvalue weighted by Gasteiger charge is 2.22. The number of non-ortho nitro benzene ring substituents is 1. The zero-order chi connectivity index (χ0) is 23.4. The number of primary amides is 1. The van der Waals surface area contributed by atoms with Gasteiger partial charge < -0.3 is 19.6 Å². The maximum Gasteiger partial charge on any atom is 0.271 e. The third-order valence-electron chi connectivity index (χ3n) is 5.77. The van der Waals surface area contributed by atoms with Gasteiger partial charge in [-0.2, -0.15) is 0 Å². The lowest BCUT2D eigenvalue weighted by Gasteiger charge is -2.26. The number of carbonyl (C=O) groups is 1. The third kappa shape index (κ3) is 5.09. The molecule has 2 N–H and O–H groups in total. The molecule has 9 heteroatoms. The molecule has 2 heterocycles. The van der Waals surface area contributed by atoms with Crippen LogP contribution in [0.4, 0.5) is 5.69 Å². The second-order valence-electron chi connectivity index (χ2n) is 7.94. The summed E-state index contributed by atoms with van der Waals surface area (Å²) in [5.41, 5.74) is 7.49. The van der Waals surface area contributed by atoms with Gasteiger partial charge in [-0.05, 0) is 31.0 Å². The number of nitrogens with zero attached hydrogens (tertiary/aromatic N) is 4. The predicted octanol–water partition coefficient (Wildman–Crippen LogP) is 4.08. The largest absolute Gasteiger partial charge is 0.372 e. The molecule has 0 aliphatic heterocycles. The number of carbonyl (C=O) groups excluding carboxylic acids is 1. The lowest BCUT2D eigenvalue weighted by molar-refractivity contribution is -0.384. The minimum Gasteiger partial charge on any atom is -0.372 e. The van der Waals surface area contributed by atoms with Crippen molar-refractivity contribution in [2.45, 2.75) is 38.6 Å². The Labute approximate surface area is 190 Å². The molecule has 0 spiro atoms. The van der Waals surface area contributed by atoms with Crippen LogP contribution in [0.3, 0.4) is 0 Å². The van der Waals surface area contributed by atoms with E-state index in [1.54, 1.807) is 24.7 Å². The van der Waals surface area contributed by atoms with Gasteiger partial charge in [0.2, 0.25) is 0 Å². The van der Waals surface area contributed by atoms with Gasteiger partial charge in [-0.3, -0.25) is 14.9 Å². The van der Waals surface area contributed by atoms with Gasteiger partial charge in [0.15, 0.2) is 0 Å². The Morgan fingerprint density at radius 2 is 2.00 bits per heavy atom. The Bertz CT molecular complexity index is 1260. The molecule has 4 aromatic rings. The van der Waals surface area contributed by atoms with Crippen LogP contribution in [-0.2, 0) is 17.9 Å². The smallest absolute Gasteiger partial charge is 0.271 e. The molecule has 0 saturated heterocycles. The number of fused-ring (bicyclic) bond motifs is 1. The molecular formula is C24H25N5O4. The van der Waals surface area contributed by atoms with Gasteiger partial charge in [-0.25, -0.2) is 4.98 Å². The van der Waals surface area contributed by atoms with Crippen molar-refractivity contribution < 1.29 is 14.5 Å². The number of hydrogen-bond donors (Lipinski definition) is 1. The van der Waals surface area contributed by atoms with Crippen molar-refractivity contribution in [2.75, 3.05) is 0 Å². The highest BCUT2D eigenvalue weighted by Crippen LogP contribution is 2.26. The fraction of sp³-hybridized carbons (Fsp3) is 0.250. The van der Waals surface area contributed by atoms with Crippen LogP contribution in [0.25, 0.3) is 10.9 Å². The zero-order valence-corrected chi connectivity index (χ0v) is 18.2. The van der Waals surface area contributed by atoms with E-state index in [-0.39, 0.29) is 23.5 Å². The Hall–Kier alpha value is -3.98. The van der Waals surface area contributed by atoms with E-state index in [0.29, 0.717) is 19.6 Å². The Balaban J connectivity index is 1.55. The molecular weight excluding hydrogens is 422 g/mol. The second-order valence-corrected chi connectivity index (χ2v) is 7.94. The maximum absolute atomic E-state index is 11.6. The summed E-state index contributed by atoms with van der Waals surface area (Å²) in [6.07, 6.45) is 5.59. The van der Waals surface area contributed by atoms with Crippen molar-refractivity contribution >= 4 is 22.5 Å². The standard InChI is InChI=1S/C24H25N5O4/c1-17(33-15-18-5-3-2-4-6-18)22(28-14-21(24(25)30)26-16-28)10-12-27-11-9-19-7-8-20(29(31)32)13-23(19)27/h2-9,11,13-14,16-17,22H,10,12,15H2,1H3,(H2,25,30)/t17-,22+/m0/s1. The minimum absolute atomic E-state index is 0.0549. The normalized spacial score (nSPS) is 13.1. The molecule has 0 radical (unpaired) electrons. The molecule has 0 aliphatic carbocycles. The number of imidazole rings is 1. The van der Waals surface area contributed by atoms with E-state index in [1.807, 2.05) is 58.7 Å². The number of rotatable bonds is 10. The molecule has 0 aliphatic rings. The number of aryl methyl sites for hydroxylation is 1. The number of amides is 1. The summed E-state index contributed by atoms with van der Waals surface area (Å²) in [7, 11) is 0. The van der Waals surface area contributed by atoms with Gasteiger partial charge in [0.05, 0.1) is 35.5 Å². The van der Waals surface area contributed by atoms with Crippen LogP contribution in [-0.4, -0.2) is 31.1 Å². The van der Waals surface area contributed by atoms with Gasteiger partial charge >= 0.3 is 0 Å². The summed E-state index contributed by atoms with van der Waals surface area (Å²) in [6.45, 7) is 3.03. The molecule has 1 amide bonds. The molecule has 170 valence electrons. The highest BCUT2D eigenvalue weighted by atomic mass is 16.6. The lowest BCUT2D eigenvalue weighted by atomic mass is 10.1. The summed E-state index contributed by atoms with van der Waals surface area (Å²) in [5.74, 6) is -0.589. The monoisotopic (exact) mass is 447 g/mol. The minimum atomic E-state index is -0.589. The van der Waals surface area contributed by atoms with Crippen molar-refractivity contribution in [2.24, 2.45) is 5.73 Å². The molecule has 2 aromatic carbocycles. The van der Waals surface area contributed by atoms with Crippen LogP contribution >= 0.6 is 0 Å². The number of ether oxygens (including phenoxy) is 1. The molecule has 0 fully saturated rings. The molecule has 2 aromatic heterocycles. The van der Waals surface area contributed by atoms with E-state index in [4.69, 9.17) is 10.5 Å². The first-order chi connectivity index (χ1) is 15.9. The Morgan fingerprint density at radius 1 is 1.21 bits per heavy atom. The van der Waals surface area contributed by atoms with E-state index in [9.17, 15) is 14.9 Å². The molecule has 0 unspecified atom stereocenters. The average molecular weight is 447 g/mol. The van der Waals surface area contributed by atoms with Crippen molar-refractivity contribution in [1.29, 1.82) is 0 Å². The summed E-state index contributed by atoms with van der Waals surface area (Å²) in [4.78, 5) is 26.5. The van der Waals surface area contributed by atoms with Gasteiger partial charge in [-0.15, -0.1) is 0 Å². The molecule has 33 heavy (non-hydrogen) atoms. The number of nitrogens with two attached hydrogens (primary N) is 1. The number of hydrogen-bond acceptors (Lipinski definition) is 5. The van der Waals surface area contributed by atoms with Crippen LogP contribution in [0.2, 0.25) is 0 Å². The maximum atomic E-state index is 11.6. The fourth-order valence-electron chi connectivity index (χ4n) is 3.94. The van der Waals surface area contributed by atoms with Gasteiger partial charge in [-0.1, -0.05) is 30.3 Å². The van der Waals surface area contributed by atoms with Crippen molar-refractivity contribution in [3.8, 4) is 0 Å². The lowest BCUT2D eigenvalue weighted by Crippen LogP contribution is -2.25. The third-order valence-corrected chi connectivity index (χ3v) is 5.77. The Kier molecular flexibility index (Phi) is 6.50. The van der Waals surface area contributed by atoms with E-state index in [0.717, 1.165) is 16.5 Å². The van der Waals surface area contributed by atoms with Gasteiger partial charge in [0, 0.05) is 36.5 Å². The van der Waals surface area contributed by atoms with E-state index in [2.05, 4.69) is 4.98 Å². The molecule has 0 bridgehead atoms. The van der Waals surface area contributed by atoms with Crippen molar-refractivity contribution in [1.82, 2.24) is 14.1 Å². The quantitative estimate of drug-likeness (QED) is 0.290. The van der Waals surface area contributed by atoms with Crippen LogP contribution < -0.4 is 5.73 Å². The van der Waals surface area contributed by atoms with E-state index in [1.165, 1.54) is 6.07 Å². The van der Waals surface area contributed by atoms with E-state index < -0.39 is 10.8 Å². The van der Waals surface area contributed by atoms with Crippen LogP contribution in [0, 0.1) is 10.1 Å². The summed E-state index contributed by atoms with van der Waals surface area (Å²) in [5, 5.41) is 12.1. The zero-order valence-electron chi connectivity index (χ0n) is 18.2. The summed E-state index contributed by atoms with van der Waals surface area (Å²) >= 11 is 0. The molecule has 4 rings (SSSR count). The fourth-order valence-corrected chi connectivity index (χ4v) is 3.94. The SMILES string of the molecule is C[C@H](OCc1ccccc1)[C@@H](CCn1ccc2ccc([N+](=O)[O-])cc21)n1cnc(C(N)=O)c1. The number of nitro groups is 1. The summed E-state index contributed by atoms with van der Waals surface area (Å²) < 4.78 is 10.0. The van der Waals surface area contributed by atoms with Crippen molar-refractivity contribution in [3.63, 3.8) is 0 Å². The second kappa shape index (κ2) is 9.66. The van der Waals surface area contributed by atoms with Gasteiger partial charge in [0.25, 0.3) is 11.6 Å². The number of nitro benzene ring substituents is 1.